The summed E-state index contributed by atoms with van der Waals surface area (Å²) < 4.78 is 6.27. The Bertz CT molecular complexity index is 1220. The molecule has 5 heteroatoms. The van der Waals surface area contributed by atoms with Crippen LogP contribution in [0.1, 0.15) is 72.3 Å². The van der Waals surface area contributed by atoms with Gasteiger partial charge in [-0.15, -0.1) is 0 Å². The van der Waals surface area contributed by atoms with Crippen LogP contribution in [0, 0.1) is 6.92 Å². The highest BCUT2D eigenvalue weighted by molar-refractivity contribution is 6.02. The third-order valence-corrected chi connectivity index (χ3v) is 7.56. The number of nitrogens with zero attached hydrogens (tertiary/aromatic N) is 1. The fraction of sp³-hybridized carbons (Fsp3) is 0.429. The van der Waals surface area contributed by atoms with E-state index < -0.39 is 5.97 Å². The fourth-order valence-electron chi connectivity index (χ4n) is 5.91. The van der Waals surface area contributed by atoms with Crippen LogP contribution in [0.2, 0.25) is 0 Å². The van der Waals surface area contributed by atoms with Crippen molar-refractivity contribution in [3.63, 3.8) is 0 Å². The van der Waals surface area contributed by atoms with Crippen LogP contribution in [0.4, 0.5) is 0 Å². The Morgan fingerprint density at radius 1 is 0.970 bits per heavy atom. The first kappa shape index (κ1) is 21.9. The summed E-state index contributed by atoms with van der Waals surface area (Å²) in [5.41, 5.74) is 2.41. The average molecular weight is 446 g/mol. The quantitative estimate of drug-likeness (QED) is 0.535. The number of hydrogen-bond acceptors (Lipinski definition) is 4. The molecule has 5 nitrogen and oxygen atoms in total. The summed E-state index contributed by atoms with van der Waals surface area (Å²) >= 11 is 0. The first-order chi connectivity index (χ1) is 16.1. The minimum Gasteiger partial charge on any atom is -0.478 e. The second-order valence-electron chi connectivity index (χ2n) is 9.52. The molecular weight excluding hydrogens is 414 g/mol. The number of benzene rings is 2. The number of carboxylic acids is 1. The van der Waals surface area contributed by atoms with Crippen molar-refractivity contribution in [2.24, 2.45) is 0 Å². The predicted molar refractivity (Wildman–Crippen MR) is 130 cm³/mol. The molecule has 3 aromatic rings. The molecule has 2 heterocycles. The second-order valence-corrected chi connectivity index (χ2v) is 9.52. The van der Waals surface area contributed by atoms with Crippen LogP contribution in [0.15, 0.2) is 51.7 Å². The highest BCUT2D eigenvalue weighted by Crippen LogP contribution is 2.41. The average Bonchev–Trinajstić information content (AvgIpc) is 2.86. The van der Waals surface area contributed by atoms with E-state index in [2.05, 4.69) is 4.90 Å². The smallest absolute Gasteiger partial charge is 0.339 e. The van der Waals surface area contributed by atoms with Gasteiger partial charge in [-0.25, -0.2) is 4.79 Å². The van der Waals surface area contributed by atoms with Crippen LogP contribution in [0.3, 0.4) is 0 Å². The molecule has 1 aliphatic carbocycles. The van der Waals surface area contributed by atoms with Crippen molar-refractivity contribution in [3.8, 4) is 11.3 Å². The number of carboxylic acid groups (broad SMARTS) is 1. The van der Waals surface area contributed by atoms with Crippen molar-refractivity contribution in [2.45, 2.75) is 63.8 Å². The summed E-state index contributed by atoms with van der Waals surface area (Å²) in [6.45, 7) is 4.00. The maximum atomic E-state index is 13.8. The molecule has 1 aliphatic heterocycles. The van der Waals surface area contributed by atoms with Crippen molar-refractivity contribution >= 4 is 16.9 Å². The summed E-state index contributed by atoms with van der Waals surface area (Å²) in [5.74, 6) is -0.412. The van der Waals surface area contributed by atoms with Crippen molar-refractivity contribution in [3.05, 3.63) is 69.4 Å². The van der Waals surface area contributed by atoms with Crippen LogP contribution in [-0.2, 0) is 0 Å². The zero-order valence-electron chi connectivity index (χ0n) is 19.2. The lowest BCUT2D eigenvalue weighted by Crippen LogP contribution is -2.44. The van der Waals surface area contributed by atoms with E-state index in [9.17, 15) is 14.7 Å². The highest BCUT2D eigenvalue weighted by Gasteiger charge is 2.34. The lowest BCUT2D eigenvalue weighted by atomic mass is 9.77. The van der Waals surface area contributed by atoms with Gasteiger partial charge in [-0.2, -0.15) is 0 Å². The molecule has 0 bridgehead atoms. The van der Waals surface area contributed by atoms with Crippen molar-refractivity contribution in [1.82, 2.24) is 4.90 Å². The molecule has 2 aromatic carbocycles. The molecule has 2 fully saturated rings. The monoisotopic (exact) mass is 445 g/mol. The van der Waals surface area contributed by atoms with Crippen LogP contribution >= 0.6 is 0 Å². The van der Waals surface area contributed by atoms with Gasteiger partial charge in [-0.3, -0.25) is 9.69 Å². The van der Waals surface area contributed by atoms with Gasteiger partial charge in [-0.1, -0.05) is 55.7 Å². The third-order valence-electron chi connectivity index (χ3n) is 7.56. The van der Waals surface area contributed by atoms with E-state index in [4.69, 9.17) is 4.42 Å². The molecular formula is C28H31NO4. The van der Waals surface area contributed by atoms with Gasteiger partial charge in [0.25, 0.3) is 0 Å². The van der Waals surface area contributed by atoms with Crippen molar-refractivity contribution in [2.75, 3.05) is 13.1 Å². The zero-order valence-corrected chi connectivity index (χ0v) is 19.2. The van der Waals surface area contributed by atoms with Gasteiger partial charge in [0.2, 0.25) is 0 Å². The van der Waals surface area contributed by atoms with E-state index in [0.717, 1.165) is 43.5 Å². The van der Waals surface area contributed by atoms with Crippen molar-refractivity contribution in [1.29, 1.82) is 0 Å². The lowest BCUT2D eigenvalue weighted by molar-refractivity contribution is 0.0697. The molecule has 0 amide bonds. The van der Waals surface area contributed by atoms with Gasteiger partial charge in [0.05, 0.1) is 5.39 Å². The lowest BCUT2D eigenvalue weighted by Gasteiger charge is -2.42. The molecule has 2 atom stereocenters. The van der Waals surface area contributed by atoms with Crippen LogP contribution in [0.5, 0.6) is 0 Å². The Balaban J connectivity index is 1.71. The number of fused-ring (bicyclic) bond motifs is 1. The van der Waals surface area contributed by atoms with Gasteiger partial charge < -0.3 is 9.52 Å². The van der Waals surface area contributed by atoms with Crippen molar-refractivity contribution < 1.29 is 14.3 Å². The third kappa shape index (κ3) is 3.99. The minimum atomic E-state index is -1.08. The maximum absolute atomic E-state index is 13.8. The van der Waals surface area contributed by atoms with E-state index >= 15 is 0 Å². The van der Waals surface area contributed by atoms with Gasteiger partial charge in [0.1, 0.15) is 11.3 Å². The number of likely N-dealkylation sites (tertiary alicyclic amines) is 1. The van der Waals surface area contributed by atoms with E-state index in [-0.39, 0.29) is 22.5 Å². The molecule has 1 N–H and O–H groups in total. The number of rotatable bonds is 4. The van der Waals surface area contributed by atoms with Gasteiger partial charge >= 0.3 is 5.97 Å². The summed E-state index contributed by atoms with van der Waals surface area (Å²) in [4.78, 5) is 28.5. The predicted octanol–water partition coefficient (Wildman–Crippen LogP) is 5.98. The Labute approximate surface area is 194 Å². The van der Waals surface area contributed by atoms with E-state index in [1.54, 1.807) is 13.0 Å². The SMILES string of the molecule is Cc1c(-c2ccccc2)oc2c(C(=O)O)ccc([C@@H]3CCCC[C@H]3N3CCCCC3)c2c1=O. The molecule has 172 valence electrons. The maximum Gasteiger partial charge on any atom is 0.339 e. The van der Waals surface area contributed by atoms with Gasteiger partial charge in [0, 0.05) is 23.1 Å². The van der Waals surface area contributed by atoms with Gasteiger partial charge in [-0.05, 0) is 57.3 Å². The first-order valence-electron chi connectivity index (χ1n) is 12.2. The first-order valence-corrected chi connectivity index (χ1v) is 12.2. The molecule has 33 heavy (non-hydrogen) atoms. The van der Waals surface area contributed by atoms with E-state index in [1.165, 1.54) is 25.7 Å². The van der Waals surface area contributed by atoms with E-state index in [0.29, 0.717) is 22.8 Å². The molecule has 2 aliphatic rings. The number of carbonyl (C=O) groups is 1. The summed E-state index contributed by atoms with van der Waals surface area (Å²) in [5, 5.41) is 10.4. The van der Waals surface area contributed by atoms with Gasteiger partial charge in [0.15, 0.2) is 11.0 Å². The van der Waals surface area contributed by atoms with Crippen LogP contribution in [0.25, 0.3) is 22.3 Å². The Morgan fingerprint density at radius 3 is 2.42 bits per heavy atom. The molecule has 1 saturated heterocycles. The highest BCUT2D eigenvalue weighted by atomic mass is 16.4. The second kappa shape index (κ2) is 9.14. The number of hydrogen-bond donors (Lipinski definition) is 1. The molecule has 5 rings (SSSR count). The molecule has 0 spiro atoms. The minimum absolute atomic E-state index is 0.0494. The Morgan fingerprint density at radius 2 is 1.70 bits per heavy atom. The number of piperidine rings is 1. The normalized spacial score (nSPS) is 21.8. The standard InChI is InChI=1S/C28H31NO4/c1-18-25(30)24-21(20-12-6-7-13-23(20)29-16-8-3-9-17-29)14-15-22(28(31)32)27(24)33-26(18)19-10-4-2-5-11-19/h2,4-5,10-11,14-15,20,23H,3,6-9,12-13,16-17H2,1H3,(H,31,32)/t20-,23+/m0/s1. The largest absolute Gasteiger partial charge is 0.478 e. The topological polar surface area (TPSA) is 70.8 Å². The van der Waals surface area contributed by atoms with Crippen LogP contribution in [-0.4, -0.2) is 35.1 Å². The number of aromatic carboxylic acids is 1. The van der Waals surface area contributed by atoms with Crippen LogP contribution < -0.4 is 5.43 Å². The molecule has 0 unspecified atom stereocenters. The molecule has 0 radical (unpaired) electrons. The van der Waals surface area contributed by atoms with E-state index in [1.807, 2.05) is 36.4 Å². The summed E-state index contributed by atoms with van der Waals surface area (Å²) in [6.07, 6.45) is 8.21. The summed E-state index contributed by atoms with van der Waals surface area (Å²) in [6, 6.07) is 13.4. The zero-order chi connectivity index (χ0) is 22.9. The summed E-state index contributed by atoms with van der Waals surface area (Å²) in [7, 11) is 0. The Hall–Kier alpha value is -2.92. The Kier molecular flexibility index (Phi) is 6.07. The molecule has 1 saturated carbocycles. The fourth-order valence-corrected chi connectivity index (χ4v) is 5.91. The molecule has 1 aromatic heterocycles.